The number of nitrogens with one attached hydrogen (secondary N) is 2. The van der Waals surface area contributed by atoms with Crippen molar-refractivity contribution in [3.05, 3.63) is 58.9 Å². The van der Waals surface area contributed by atoms with E-state index in [-0.39, 0.29) is 29.8 Å². The van der Waals surface area contributed by atoms with Gasteiger partial charge in [-0.2, -0.15) is 8.78 Å². The van der Waals surface area contributed by atoms with Crippen LogP contribution in [0.5, 0.6) is 5.88 Å². The summed E-state index contributed by atoms with van der Waals surface area (Å²) < 4.78 is 32.7. The number of aromatic nitrogens is 2. The highest BCUT2D eigenvalue weighted by molar-refractivity contribution is 5.96. The van der Waals surface area contributed by atoms with E-state index in [2.05, 4.69) is 27.2 Å². The van der Waals surface area contributed by atoms with E-state index in [1.165, 1.54) is 19.2 Å². The Kier molecular flexibility index (Phi) is 8.40. The maximum Gasteiger partial charge on any atom is 0.302 e. The number of carbonyl (C=O) groups is 2. The number of halogens is 2. The van der Waals surface area contributed by atoms with Crippen LogP contribution in [-0.2, 0) is 17.8 Å². The second kappa shape index (κ2) is 10.8. The predicted molar refractivity (Wildman–Crippen MR) is 118 cm³/mol. The third-order valence-electron chi connectivity index (χ3n) is 4.63. The number of aryl methyl sites for hydroxylation is 2. The quantitative estimate of drug-likeness (QED) is 0.533. The van der Waals surface area contributed by atoms with E-state index in [0.717, 1.165) is 0 Å². The van der Waals surface area contributed by atoms with Crippen molar-refractivity contribution in [1.29, 1.82) is 0 Å². The second-order valence-electron chi connectivity index (χ2n) is 7.40. The molecule has 9 heteroatoms. The lowest BCUT2D eigenvalue weighted by atomic mass is 10.1. The predicted octanol–water partition coefficient (Wildman–Crippen LogP) is 4.22. The van der Waals surface area contributed by atoms with Gasteiger partial charge in [0.1, 0.15) is 5.82 Å². The molecule has 32 heavy (non-hydrogen) atoms. The van der Waals surface area contributed by atoms with Crippen LogP contribution in [0.3, 0.4) is 0 Å². The zero-order valence-electron chi connectivity index (χ0n) is 18.7. The Balaban J connectivity index is 2.06. The van der Waals surface area contributed by atoms with Crippen molar-refractivity contribution in [2.45, 2.75) is 53.0 Å². The van der Waals surface area contributed by atoms with Crippen LogP contribution in [0.2, 0.25) is 0 Å². The summed E-state index contributed by atoms with van der Waals surface area (Å²) in [5, 5.41) is 5.43. The number of alkyl halides is 2. The van der Waals surface area contributed by atoms with Gasteiger partial charge in [-0.15, -0.1) is 0 Å². The molecule has 0 fully saturated rings. The van der Waals surface area contributed by atoms with Crippen molar-refractivity contribution in [2.75, 3.05) is 11.9 Å². The lowest BCUT2D eigenvalue weighted by Crippen LogP contribution is -2.27. The van der Waals surface area contributed by atoms with Gasteiger partial charge in [0.25, 0.3) is 5.91 Å². The number of rotatable bonds is 10. The Morgan fingerprint density at radius 3 is 2.56 bits per heavy atom. The summed E-state index contributed by atoms with van der Waals surface area (Å²) in [6.07, 6.45) is 2.29. The number of ether oxygens (including phenoxy) is 1. The van der Waals surface area contributed by atoms with Crippen molar-refractivity contribution in [3.63, 3.8) is 0 Å². The first kappa shape index (κ1) is 24.9. The number of anilines is 1. The van der Waals surface area contributed by atoms with E-state index in [0.29, 0.717) is 41.0 Å². The van der Waals surface area contributed by atoms with Crippen LogP contribution in [0.25, 0.3) is 0 Å². The van der Waals surface area contributed by atoms with Crippen molar-refractivity contribution in [3.8, 4) is 5.88 Å². The first-order valence-corrected chi connectivity index (χ1v) is 10.3. The smallest absolute Gasteiger partial charge is 0.302 e. The number of hydrogen-bond acceptors (Lipinski definition) is 5. The molecule has 0 spiro atoms. The molecule has 172 valence electrons. The monoisotopic (exact) mass is 446 g/mol. The van der Waals surface area contributed by atoms with E-state index in [9.17, 15) is 18.4 Å². The van der Waals surface area contributed by atoms with Gasteiger partial charge in [-0.3, -0.25) is 9.59 Å². The maximum atomic E-state index is 13.7. The molecule has 2 N–H and O–H groups in total. The molecule has 0 atom stereocenters. The molecule has 2 rings (SSSR count). The number of pyridine rings is 2. The summed E-state index contributed by atoms with van der Waals surface area (Å²) in [6, 6.07) is 4.88. The van der Waals surface area contributed by atoms with Crippen molar-refractivity contribution in [2.24, 2.45) is 0 Å². The van der Waals surface area contributed by atoms with E-state index in [1.54, 1.807) is 26.0 Å². The van der Waals surface area contributed by atoms with E-state index in [1.807, 2.05) is 6.92 Å². The second-order valence-corrected chi connectivity index (χ2v) is 7.40. The molecular formula is C23H28F2N4O3. The summed E-state index contributed by atoms with van der Waals surface area (Å²) in [4.78, 5) is 32.5. The summed E-state index contributed by atoms with van der Waals surface area (Å²) >= 11 is 0. The Hall–Kier alpha value is -3.36. The van der Waals surface area contributed by atoms with Crippen molar-refractivity contribution in [1.82, 2.24) is 15.3 Å². The minimum atomic E-state index is -3.14. The third-order valence-corrected chi connectivity index (χ3v) is 4.63. The number of nitrogens with zero attached hydrogens (tertiary/aromatic N) is 2. The molecule has 2 aromatic rings. The van der Waals surface area contributed by atoms with Gasteiger partial charge in [-0.1, -0.05) is 20.4 Å². The highest BCUT2D eigenvalue weighted by Crippen LogP contribution is 2.25. The fraction of sp³-hybridized carbons (Fsp3) is 0.391. The SMILES string of the molecule is C=C(C)C(F)(F)COc1ncc(CNC(=O)c2cc(C)nc(NC(=O)CC)c2)cc1CC. The normalized spacial score (nSPS) is 11.1. The first-order valence-electron chi connectivity index (χ1n) is 10.3. The average molecular weight is 446 g/mol. The van der Waals surface area contributed by atoms with Gasteiger partial charge in [0.2, 0.25) is 11.8 Å². The summed E-state index contributed by atoms with van der Waals surface area (Å²) in [7, 11) is 0. The average Bonchev–Trinajstić information content (AvgIpc) is 2.75. The highest BCUT2D eigenvalue weighted by atomic mass is 19.3. The fourth-order valence-electron chi connectivity index (χ4n) is 2.69. The molecule has 7 nitrogen and oxygen atoms in total. The molecule has 2 heterocycles. The van der Waals surface area contributed by atoms with Gasteiger partial charge >= 0.3 is 5.92 Å². The van der Waals surface area contributed by atoms with E-state index < -0.39 is 12.5 Å². The van der Waals surface area contributed by atoms with Gasteiger partial charge in [-0.25, -0.2) is 9.97 Å². The summed E-state index contributed by atoms with van der Waals surface area (Å²) in [5.41, 5.74) is 2.01. The summed E-state index contributed by atoms with van der Waals surface area (Å²) in [5.74, 6) is -3.25. The molecule has 0 bridgehead atoms. The molecule has 0 saturated heterocycles. The van der Waals surface area contributed by atoms with Gasteiger partial charge in [-0.05, 0) is 49.6 Å². The molecule has 0 aliphatic carbocycles. The number of hydrogen-bond donors (Lipinski definition) is 2. The van der Waals surface area contributed by atoms with Crippen LogP contribution in [0, 0.1) is 6.92 Å². The lowest BCUT2D eigenvalue weighted by Gasteiger charge is -2.18. The Morgan fingerprint density at radius 2 is 1.94 bits per heavy atom. The molecule has 2 amide bonds. The topological polar surface area (TPSA) is 93.2 Å². The number of amides is 2. The van der Waals surface area contributed by atoms with Gasteiger partial charge in [0.05, 0.1) is 0 Å². The molecule has 0 saturated carbocycles. The fourth-order valence-corrected chi connectivity index (χ4v) is 2.69. The third kappa shape index (κ3) is 6.83. The largest absolute Gasteiger partial charge is 0.471 e. The van der Waals surface area contributed by atoms with Crippen LogP contribution in [-0.4, -0.2) is 34.3 Å². The Morgan fingerprint density at radius 1 is 1.22 bits per heavy atom. The molecule has 0 aliphatic heterocycles. The van der Waals surface area contributed by atoms with E-state index >= 15 is 0 Å². The minimum absolute atomic E-state index is 0.129. The standard InChI is InChI=1S/C23H28F2N4O3/c1-6-17-9-16(12-27-22(17)32-13-23(24,25)14(3)4)11-26-21(31)18-8-15(5)28-19(10-18)29-20(30)7-2/h8-10,12H,3,6-7,11,13H2,1-2,4-5H3,(H,26,31)(H,28,29,30). The zero-order valence-corrected chi connectivity index (χ0v) is 18.7. The summed E-state index contributed by atoms with van der Waals surface area (Å²) in [6.45, 7) is 9.17. The first-order chi connectivity index (χ1) is 15.1. The van der Waals surface area contributed by atoms with Crippen LogP contribution in [0.15, 0.2) is 36.5 Å². The van der Waals surface area contributed by atoms with E-state index in [4.69, 9.17) is 4.74 Å². The molecule has 0 aromatic carbocycles. The lowest BCUT2D eigenvalue weighted by molar-refractivity contribution is -0.115. The van der Waals surface area contributed by atoms with Gasteiger partial charge in [0.15, 0.2) is 6.61 Å². The highest BCUT2D eigenvalue weighted by Gasteiger charge is 2.31. The van der Waals surface area contributed by atoms with Crippen LogP contribution in [0.1, 0.15) is 54.4 Å². The van der Waals surface area contributed by atoms with Crippen LogP contribution in [0.4, 0.5) is 14.6 Å². The van der Waals surface area contributed by atoms with Gasteiger partial charge < -0.3 is 15.4 Å². The molecule has 2 aromatic heterocycles. The molecule has 0 radical (unpaired) electrons. The van der Waals surface area contributed by atoms with Gasteiger partial charge in [0, 0.05) is 36.0 Å². The molecule has 0 unspecified atom stereocenters. The molecule has 0 aliphatic rings. The maximum absolute atomic E-state index is 13.7. The molecular weight excluding hydrogens is 418 g/mol. The minimum Gasteiger partial charge on any atom is -0.471 e. The van der Waals surface area contributed by atoms with Crippen molar-refractivity contribution < 1.29 is 23.1 Å². The zero-order chi connectivity index (χ0) is 23.9. The van der Waals surface area contributed by atoms with Crippen molar-refractivity contribution >= 4 is 17.6 Å². The van der Waals surface area contributed by atoms with Crippen LogP contribution < -0.4 is 15.4 Å². The van der Waals surface area contributed by atoms with Crippen LogP contribution >= 0.6 is 0 Å². The Bertz CT molecular complexity index is 1010. The number of carbonyl (C=O) groups excluding carboxylic acids is 2. The Labute approximate surface area is 186 Å².